The molecular weight excluding hydrogens is 505 g/mol. The van der Waals surface area contributed by atoms with Gasteiger partial charge in [-0.2, -0.15) is 0 Å². The van der Waals surface area contributed by atoms with E-state index in [-0.39, 0.29) is 22.7 Å². The molecule has 2 fully saturated rings. The van der Waals surface area contributed by atoms with Crippen LogP contribution in [0.2, 0.25) is 5.02 Å². The number of aliphatic hydroxyl groups excluding tert-OH is 2. The fraction of sp³-hybridized carbons (Fsp3) is 0.545. The highest BCUT2D eigenvalue weighted by atomic mass is 35.5. The quantitative estimate of drug-likeness (QED) is 0.425. The summed E-state index contributed by atoms with van der Waals surface area (Å²) in [7, 11) is 1.42. The molecular formula is C22H24ClF3N6O4. The van der Waals surface area contributed by atoms with Crippen LogP contribution in [0.15, 0.2) is 24.5 Å². The van der Waals surface area contributed by atoms with Gasteiger partial charge in [-0.15, -0.1) is 10.2 Å². The number of hydrogen-bond donors (Lipinski definition) is 2. The summed E-state index contributed by atoms with van der Waals surface area (Å²) in [4.78, 5) is 0. The summed E-state index contributed by atoms with van der Waals surface area (Å²) >= 11 is 5.64. The monoisotopic (exact) mass is 528 g/mol. The van der Waals surface area contributed by atoms with E-state index in [1.165, 1.54) is 34.8 Å². The summed E-state index contributed by atoms with van der Waals surface area (Å²) in [5.41, 5.74) is -0.268. The average Bonchev–Trinajstić information content (AvgIpc) is 3.28. The van der Waals surface area contributed by atoms with Crippen LogP contribution in [-0.2, 0) is 21.4 Å². The van der Waals surface area contributed by atoms with Crippen molar-refractivity contribution in [2.75, 3.05) is 20.4 Å². The molecule has 0 radical (unpaired) electrons. The predicted molar refractivity (Wildman–Crippen MR) is 119 cm³/mol. The van der Waals surface area contributed by atoms with Gasteiger partial charge in [0.25, 0.3) is 0 Å². The van der Waals surface area contributed by atoms with Crippen LogP contribution in [0.4, 0.5) is 13.2 Å². The molecule has 5 atom stereocenters. The molecule has 3 heterocycles. The maximum atomic E-state index is 14.5. The minimum atomic E-state index is -1.27. The summed E-state index contributed by atoms with van der Waals surface area (Å²) in [5.74, 6) is -2.39. The van der Waals surface area contributed by atoms with Crippen LogP contribution in [0.1, 0.15) is 24.6 Å². The first-order chi connectivity index (χ1) is 17.3. The fourth-order valence-corrected chi connectivity index (χ4v) is 4.74. The number of ether oxygens (including phenoxy) is 2. The first kappa shape index (κ1) is 25.1. The number of methoxy groups -OCH3 is 1. The van der Waals surface area contributed by atoms with Gasteiger partial charge < -0.3 is 19.7 Å². The molecule has 10 nitrogen and oxygen atoms in total. The van der Waals surface area contributed by atoms with Gasteiger partial charge in [0.1, 0.15) is 36.7 Å². The van der Waals surface area contributed by atoms with Gasteiger partial charge in [-0.25, -0.2) is 22.5 Å². The lowest BCUT2D eigenvalue weighted by Crippen LogP contribution is -2.57. The average molecular weight is 529 g/mol. The molecule has 14 heteroatoms. The van der Waals surface area contributed by atoms with Gasteiger partial charge in [-0.05, 0) is 25.0 Å². The molecule has 0 spiro atoms. The molecule has 2 aliphatic rings. The van der Waals surface area contributed by atoms with E-state index < -0.39 is 60.9 Å². The van der Waals surface area contributed by atoms with E-state index in [2.05, 4.69) is 20.6 Å². The smallest absolute Gasteiger partial charge is 0.178 e. The van der Waals surface area contributed by atoms with Crippen molar-refractivity contribution in [3.8, 4) is 11.3 Å². The first-order valence-electron chi connectivity index (χ1n) is 11.3. The van der Waals surface area contributed by atoms with Crippen LogP contribution in [0.3, 0.4) is 0 Å². The summed E-state index contributed by atoms with van der Waals surface area (Å²) in [6.45, 7) is -1.04. The van der Waals surface area contributed by atoms with Crippen molar-refractivity contribution in [3.63, 3.8) is 0 Å². The number of halogens is 4. The molecule has 2 aromatic heterocycles. The number of alkyl halides is 1. The van der Waals surface area contributed by atoms with Crippen molar-refractivity contribution in [1.82, 2.24) is 30.0 Å². The SMILES string of the molecule is CO[C@@H]1[C@@H](n2cc(-c3ccc(Cl)c(F)c3F)nn2)[C@@H](O)[C@@H](CO)O[C@@H]1Cc1cn(C2(CF)CC2)nn1. The lowest BCUT2D eigenvalue weighted by Gasteiger charge is -2.43. The van der Waals surface area contributed by atoms with Crippen molar-refractivity contribution < 1.29 is 32.9 Å². The maximum Gasteiger partial charge on any atom is 0.178 e. The highest BCUT2D eigenvalue weighted by Gasteiger charge is 2.48. The molecule has 0 bridgehead atoms. The Morgan fingerprint density at radius 3 is 2.61 bits per heavy atom. The van der Waals surface area contributed by atoms with Crippen LogP contribution in [0, 0.1) is 11.6 Å². The highest BCUT2D eigenvalue weighted by Crippen LogP contribution is 2.43. The summed E-state index contributed by atoms with van der Waals surface area (Å²) in [6, 6.07) is 1.58. The van der Waals surface area contributed by atoms with Crippen LogP contribution < -0.4 is 0 Å². The van der Waals surface area contributed by atoms with Crippen LogP contribution in [-0.4, -0.2) is 85.0 Å². The second-order valence-electron chi connectivity index (χ2n) is 9.10. The van der Waals surface area contributed by atoms with Crippen LogP contribution >= 0.6 is 11.6 Å². The van der Waals surface area contributed by atoms with E-state index in [0.717, 1.165) is 0 Å². The minimum absolute atomic E-state index is 0.0117. The fourth-order valence-electron chi connectivity index (χ4n) is 4.60. The molecule has 36 heavy (non-hydrogen) atoms. The van der Waals surface area contributed by atoms with Gasteiger partial charge in [-0.3, -0.25) is 0 Å². The van der Waals surface area contributed by atoms with Gasteiger partial charge >= 0.3 is 0 Å². The van der Waals surface area contributed by atoms with Gasteiger partial charge in [0.05, 0.1) is 35.2 Å². The summed E-state index contributed by atoms with van der Waals surface area (Å²) < 4.78 is 56.2. The topological polar surface area (TPSA) is 120 Å². The molecule has 1 saturated heterocycles. The van der Waals surface area contributed by atoms with Gasteiger partial charge in [0.15, 0.2) is 11.6 Å². The van der Waals surface area contributed by atoms with E-state index >= 15 is 0 Å². The molecule has 2 N–H and O–H groups in total. The van der Waals surface area contributed by atoms with E-state index in [0.29, 0.717) is 18.5 Å². The van der Waals surface area contributed by atoms with Crippen molar-refractivity contribution in [1.29, 1.82) is 0 Å². The molecule has 1 aliphatic heterocycles. The molecule has 0 unspecified atom stereocenters. The van der Waals surface area contributed by atoms with Crippen molar-refractivity contribution in [2.45, 2.75) is 55.3 Å². The number of hydrogen-bond acceptors (Lipinski definition) is 8. The molecule has 0 amide bonds. The zero-order valence-corrected chi connectivity index (χ0v) is 19.9. The normalized spacial score (nSPS) is 27.4. The molecule has 1 aromatic carbocycles. The Kier molecular flexibility index (Phi) is 6.76. The third kappa shape index (κ3) is 4.28. The second kappa shape index (κ2) is 9.71. The lowest BCUT2D eigenvalue weighted by atomic mass is 9.90. The molecule has 194 valence electrons. The number of rotatable bonds is 8. The largest absolute Gasteiger partial charge is 0.394 e. The van der Waals surface area contributed by atoms with E-state index in [1.807, 2.05) is 0 Å². The summed E-state index contributed by atoms with van der Waals surface area (Å²) in [5, 5.41) is 36.6. The molecule has 1 saturated carbocycles. The second-order valence-corrected chi connectivity index (χ2v) is 9.51. The molecule has 1 aliphatic carbocycles. The zero-order valence-electron chi connectivity index (χ0n) is 19.1. The van der Waals surface area contributed by atoms with Gasteiger partial charge in [0, 0.05) is 25.3 Å². The number of nitrogens with zero attached hydrogens (tertiary/aromatic N) is 6. The number of benzene rings is 1. The Bertz CT molecular complexity index is 1240. The van der Waals surface area contributed by atoms with Crippen LogP contribution in [0.25, 0.3) is 11.3 Å². The molecule has 3 aromatic rings. The number of aliphatic hydroxyl groups is 2. The van der Waals surface area contributed by atoms with E-state index in [1.54, 1.807) is 6.20 Å². The first-order valence-corrected chi connectivity index (χ1v) is 11.7. The third-order valence-electron chi connectivity index (χ3n) is 6.88. The van der Waals surface area contributed by atoms with Gasteiger partial charge in [0.2, 0.25) is 0 Å². The van der Waals surface area contributed by atoms with Crippen molar-refractivity contribution >= 4 is 11.6 Å². The minimum Gasteiger partial charge on any atom is -0.394 e. The third-order valence-corrected chi connectivity index (χ3v) is 7.17. The lowest BCUT2D eigenvalue weighted by molar-refractivity contribution is -0.212. The van der Waals surface area contributed by atoms with E-state index in [9.17, 15) is 23.4 Å². The Morgan fingerprint density at radius 1 is 1.17 bits per heavy atom. The van der Waals surface area contributed by atoms with E-state index in [4.69, 9.17) is 21.1 Å². The zero-order chi connectivity index (χ0) is 25.6. The maximum absolute atomic E-state index is 14.5. The number of aromatic nitrogens is 6. The predicted octanol–water partition coefficient (Wildman–Crippen LogP) is 1.85. The van der Waals surface area contributed by atoms with Crippen molar-refractivity contribution in [2.24, 2.45) is 0 Å². The molecule has 5 rings (SSSR count). The van der Waals surface area contributed by atoms with Crippen LogP contribution in [0.5, 0.6) is 0 Å². The standard InChI is InChI=1S/C22H24ClF3N6O4/c1-35-21-15(6-11-7-32(30-27-11)22(10-24)4-5-22)36-16(9-33)20(34)19(21)31-8-14(28-29-31)12-2-3-13(23)18(26)17(12)25/h2-3,7-8,15-16,19-21,33-34H,4-6,9-10H2,1H3/t15-,16-,19+,20+,21+/m1/s1. The Balaban J connectivity index is 1.43. The van der Waals surface area contributed by atoms with Gasteiger partial charge in [-0.1, -0.05) is 22.0 Å². The summed E-state index contributed by atoms with van der Waals surface area (Å²) in [6.07, 6.45) is 0.780. The Morgan fingerprint density at radius 2 is 1.94 bits per heavy atom. The Labute approximate surface area is 208 Å². The Hall–Kier alpha value is -2.58. The highest BCUT2D eigenvalue weighted by molar-refractivity contribution is 6.30. The van der Waals surface area contributed by atoms with Crippen molar-refractivity contribution in [3.05, 3.63) is 46.9 Å².